The Kier molecular flexibility index (Phi) is 5.40. The third kappa shape index (κ3) is 4.56. The minimum absolute atomic E-state index is 0.360. The van der Waals surface area contributed by atoms with Crippen LogP contribution in [0.5, 0.6) is 0 Å². The largest absolute Gasteiger partial charge is 0.428 e. The Morgan fingerprint density at radius 3 is 2.65 bits per heavy atom. The first-order valence-electron chi connectivity index (χ1n) is 6.89. The average Bonchev–Trinajstić information content (AvgIpc) is 2.77. The summed E-state index contributed by atoms with van der Waals surface area (Å²) >= 11 is 0. The van der Waals surface area contributed by atoms with Gasteiger partial charge in [-0.1, -0.05) is 48.6 Å². The highest BCUT2D eigenvalue weighted by Gasteiger charge is 2.21. The molecular weight excluding hydrogens is 252 g/mol. The van der Waals surface area contributed by atoms with Gasteiger partial charge in [-0.25, -0.2) is 4.79 Å². The summed E-state index contributed by atoms with van der Waals surface area (Å²) in [5.74, 6) is 5.23. The van der Waals surface area contributed by atoms with Crippen molar-refractivity contribution in [2.45, 2.75) is 38.4 Å². The van der Waals surface area contributed by atoms with Gasteiger partial charge in [0.15, 0.2) is 0 Å². The van der Waals surface area contributed by atoms with Crippen molar-refractivity contribution in [2.75, 3.05) is 0 Å². The quantitative estimate of drug-likeness (QED) is 0.508. The summed E-state index contributed by atoms with van der Waals surface area (Å²) < 4.78 is 4.54. The molecule has 0 spiro atoms. The highest BCUT2D eigenvalue weighted by molar-refractivity contribution is 5.86. The number of carbonyl (C=O) groups is 1. The normalized spacial score (nSPS) is 17.1. The maximum Gasteiger partial charge on any atom is 0.334 e. The van der Waals surface area contributed by atoms with Crippen LogP contribution in [0.15, 0.2) is 42.0 Å². The molecule has 1 aromatic carbocycles. The van der Waals surface area contributed by atoms with Crippen LogP contribution in [0.1, 0.15) is 31.2 Å². The number of hydrogen-bond acceptors (Lipinski definition) is 3. The van der Waals surface area contributed by atoms with Gasteiger partial charge in [0.25, 0.3) is 0 Å². The monoisotopic (exact) mass is 270 g/mol. The molecule has 0 aromatic heterocycles. The van der Waals surface area contributed by atoms with Crippen LogP contribution in [0.3, 0.4) is 0 Å². The fourth-order valence-corrected chi connectivity index (χ4v) is 2.03. The van der Waals surface area contributed by atoms with E-state index in [0.717, 1.165) is 32.1 Å². The molecule has 0 bridgehead atoms. The Morgan fingerprint density at radius 1 is 1.15 bits per heavy atom. The highest BCUT2D eigenvalue weighted by Crippen LogP contribution is 2.12. The van der Waals surface area contributed by atoms with E-state index in [9.17, 15) is 9.90 Å². The van der Waals surface area contributed by atoms with Crippen molar-refractivity contribution < 1.29 is 14.6 Å². The van der Waals surface area contributed by atoms with Gasteiger partial charge in [0.2, 0.25) is 6.29 Å². The molecule has 1 aromatic rings. The number of ether oxygens (including phenoxy) is 1. The van der Waals surface area contributed by atoms with Crippen LogP contribution in [0.4, 0.5) is 0 Å². The topological polar surface area (TPSA) is 46.5 Å². The molecule has 1 unspecified atom stereocenters. The van der Waals surface area contributed by atoms with E-state index in [1.807, 2.05) is 6.07 Å². The van der Waals surface area contributed by atoms with Gasteiger partial charge in [0.1, 0.15) is 0 Å². The third-order valence-corrected chi connectivity index (χ3v) is 3.11. The first-order chi connectivity index (χ1) is 9.75. The van der Waals surface area contributed by atoms with Crippen molar-refractivity contribution in [3.05, 3.63) is 47.5 Å². The molecule has 1 N–H and O–H groups in total. The van der Waals surface area contributed by atoms with E-state index in [-0.39, 0.29) is 0 Å². The summed E-state index contributed by atoms with van der Waals surface area (Å²) in [7, 11) is 0. The van der Waals surface area contributed by atoms with Crippen LogP contribution >= 0.6 is 0 Å². The predicted octanol–water partition coefficient (Wildman–Crippen LogP) is 2.59. The minimum atomic E-state index is -1.17. The zero-order chi connectivity index (χ0) is 14.2. The van der Waals surface area contributed by atoms with E-state index in [0.29, 0.717) is 5.57 Å². The standard InChI is InChI=1S/C17H18O3/c18-16-13-15(17(19)20-16)12-8-3-1-2-5-9-14-10-6-4-7-11-14/h4,6-7,10-11,13,17,19H,1-3,5,9H2. The van der Waals surface area contributed by atoms with Gasteiger partial charge in [0, 0.05) is 12.5 Å². The smallest absolute Gasteiger partial charge is 0.334 e. The van der Waals surface area contributed by atoms with Gasteiger partial charge in [-0.15, -0.1) is 0 Å². The summed E-state index contributed by atoms with van der Waals surface area (Å²) in [6.45, 7) is 0. The third-order valence-electron chi connectivity index (χ3n) is 3.11. The van der Waals surface area contributed by atoms with Crippen LogP contribution in [0.2, 0.25) is 0 Å². The molecule has 0 radical (unpaired) electrons. The Hall–Kier alpha value is -2.05. The fourth-order valence-electron chi connectivity index (χ4n) is 2.03. The van der Waals surface area contributed by atoms with Gasteiger partial charge in [-0.2, -0.15) is 0 Å². The molecule has 3 heteroatoms. The lowest BCUT2D eigenvalue weighted by Crippen LogP contribution is -2.08. The first kappa shape index (κ1) is 14.4. The van der Waals surface area contributed by atoms with Crippen LogP contribution in [-0.2, 0) is 16.0 Å². The fraction of sp³-hybridized carbons (Fsp3) is 0.353. The summed E-state index contributed by atoms with van der Waals surface area (Å²) in [6, 6.07) is 10.4. The number of unbranched alkanes of at least 4 members (excludes halogenated alkanes) is 3. The molecule has 20 heavy (non-hydrogen) atoms. The number of esters is 1. The molecule has 0 fully saturated rings. The summed E-state index contributed by atoms with van der Waals surface area (Å²) in [6.07, 6.45) is 5.24. The van der Waals surface area contributed by atoms with Crippen molar-refractivity contribution in [1.82, 2.24) is 0 Å². The molecule has 1 atom stereocenters. The van der Waals surface area contributed by atoms with Crippen LogP contribution in [0.25, 0.3) is 0 Å². The lowest BCUT2D eigenvalue weighted by molar-refractivity contribution is -0.150. The van der Waals surface area contributed by atoms with Gasteiger partial charge in [-0.3, -0.25) is 0 Å². The van der Waals surface area contributed by atoms with Crippen molar-refractivity contribution in [2.24, 2.45) is 0 Å². The van der Waals surface area contributed by atoms with E-state index in [2.05, 4.69) is 40.8 Å². The van der Waals surface area contributed by atoms with Crippen molar-refractivity contribution in [3.8, 4) is 11.8 Å². The number of aliphatic hydroxyl groups is 1. The maximum absolute atomic E-state index is 10.8. The lowest BCUT2D eigenvalue weighted by Gasteiger charge is -2.00. The predicted molar refractivity (Wildman–Crippen MR) is 76.6 cm³/mol. The lowest BCUT2D eigenvalue weighted by atomic mass is 10.1. The number of rotatable bonds is 5. The van der Waals surface area contributed by atoms with E-state index in [1.54, 1.807) is 0 Å². The van der Waals surface area contributed by atoms with Gasteiger partial charge in [-0.05, 0) is 24.8 Å². The molecule has 1 aliphatic rings. The number of benzene rings is 1. The summed E-state index contributed by atoms with van der Waals surface area (Å²) in [4.78, 5) is 10.8. The second-order valence-corrected chi connectivity index (χ2v) is 4.74. The first-order valence-corrected chi connectivity index (χ1v) is 6.89. The second-order valence-electron chi connectivity index (χ2n) is 4.74. The van der Waals surface area contributed by atoms with E-state index >= 15 is 0 Å². The van der Waals surface area contributed by atoms with Gasteiger partial charge in [0.05, 0.1) is 5.57 Å². The Bertz CT molecular complexity index is 534. The molecule has 0 saturated carbocycles. The highest BCUT2D eigenvalue weighted by atomic mass is 16.6. The SMILES string of the molecule is O=C1C=C(C#CCCCCCc2ccccc2)C(O)O1. The van der Waals surface area contributed by atoms with E-state index in [1.165, 1.54) is 11.6 Å². The number of aliphatic hydroxyl groups excluding tert-OH is 1. The molecule has 0 aliphatic carbocycles. The zero-order valence-electron chi connectivity index (χ0n) is 11.3. The van der Waals surface area contributed by atoms with Crippen molar-refractivity contribution in [1.29, 1.82) is 0 Å². The van der Waals surface area contributed by atoms with Crippen LogP contribution in [0, 0.1) is 11.8 Å². The molecule has 3 nitrogen and oxygen atoms in total. The molecule has 1 aliphatic heterocycles. The Balaban J connectivity index is 1.61. The average molecular weight is 270 g/mol. The number of cyclic esters (lactones) is 1. The maximum atomic E-state index is 10.8. The Morgan fingerprint density at radius 2 is 1.95 bits per heavy atom. The summed E-state index contributed by atoms with van der Waals surface area (Å²) in [5.41, 5.74) is 1.73. The van der Waals surface area contributed by atoms with Crippen LogP contribution < -0.4 is 0 Å². The molecular formula is C17H18O3. The van der Waals surface area contributed by atoms with Crippen LogP contribution in [-0.4, -0.2) is 17.4 Å². The number of aryl methyl sites for hydroxylation is 1. The molecule has 0 amide bonds. The second kappa shape index (κ2) is 7.52. The molecule has 104 valence electrons. The Labute approximate surface area is 119 Å². The molecule has 1 heterocycles. The number of carbonyl (C=O) groups excluding carboxylic acids is 1. The van der Waals surface area contributed by atoms with E-state index < -0.39 is 12.3 Å². The van der Waals surface area contributed by atoms with E-state index in [4.69, 9.17) is 0 Å². The molecule has 0 saturated heterocycles. The zero-order valence-corrected chi connectivity index (χ0v) is 11.3. The molecule has 2 rings (SSSR count). The van der Waals surface area contributed by atoms with Crippen molar-refractivity contribution in [3.63, 3.8) is 0 Å². The summed E-state index contributed by atoms with van der Waals surface area (Å²) in [5, 5.41) is 9.31. The van der Waals surface area contributed by atoms with Gasteiger partial charge < -0.3 is 9.84 Å². The van der Waals surface area contributed by atoms with Crippen molar-refractivity contribution >= 4 is 5.97 Å². The van der Waals surface area contributed by atoms with Gasteiger partial charge >= 0.3 is 5.97 Å². The number of hydrogen-bond donors (Lipinski definition) is 1. The minimum Gasteiger partial charge on any atom is -0.428 e.